The molecular weight excluding hydrogens is 534 g/mol. The number of hydrogen-bond donors (Lipinski definition) is 4. The zero-order valence-corrected chi connectivity index (χ0v) is 24.1. The monoisotopic (exact) mass is 573 g/mol. The van der Waals surface area contributed by atoms with E-state index in [0.717, 1.165) is 55.2 Å². The summed E-state index contributed by atoms with van der Waals surface area (Å²) >= 11 is 0. The van der Waals surface area contributed by atoms with Gasteiger partial charge >= 0.3 is 0 Å². The van der Waals surface area contributed by atoms with Crippen LogP contribution in [0, 0.1) is 6.92 Å². The number of guanidine groups is 1. The average molecular weight is 574 g/mol. The summed E-state index contributed by atoms with van der Waals surface area (Å²) in [6, 6.07) is 7.97. The van der Waals surface area contributed by atoms with Crippen LogP contribution in [0.2, 0.25) is 0 Å². The van der Waals surface area contributed by atoms with Gasteiger partial charge in [0.1, 0.15) is 11.5 Å². The highest BCUT2D eigenvalue weighted by Gasteiger charge is 2.41. The molecule has 222 valence electrons. The highest BCUT2D eigenvalue weighted by Crippen LogP contribution is 2.29. The second-order valence-corrected chi connectivity index (χ2v) is 11.3. The Hall–Kier alpha value is -4.16. The SMILES string of the molecule is C=C(/N=C1\NCC2(CCN(C(=O)c3cccc4c3ccn4CCOC3CCCCO3)CC2)N1)c1nc(C)c(N)nc1N. The molecule has 3 aliphatic heterocycles. The minimum atomic E-state index is -0.193. The standard InChI is InChI=1S/C30H39N9O3/c1-19(25-27(32)36-26(31)20(2)34-25)35-29-33-18-30(37-29)10-13-39(14-11-30)28(40)22-6-5-7-23-21(22)9-12-38(23)15-17-42-24-8-3-4-16-41-24/h5-7,9,12,24H,1,3-4,8,10-11,13-18H2,2H3,(H4,31,32,36)(H2,33,35,37). The van der Waals surface area contributed by atoms with E-state index in [1.165, 1.54) is 0 Å². The molecule has 0 bridgehead atoms. The third-order valence-electron chi connectivity index (χ3n) is 8.46. The summed E-state index contributed by atoms with van der Waals surface area (Å²) in [6.45, 7) is 9.83. The minimum Gasteiger partial charge on any atom is -0.382 e. The first-order valence-corrected chi connectivity index (χ1v) is 14.6. The predicted molar refractivity (Wildman–Crippen MR) is 163 cm³/mol. The van der Waals surface area contributed by atoms with Crippen molar-refractivity contribution in [2.24, 2.45) is 4.99 Å². The van der Waals surface area contributed by atoms with Gasteiger partial charge < -0.3 is 41.0 Å². The molecule has 12 heteroatoms. The summed E-state index contributed by atoms with van der Waals surface area (Å²) in [7, 11) is 0. The molecule has 0 radical (unpaired) electrons. The summed E-state index contributed by atoms with van der Waals surface area (Å²) in [4.78, 5) is 28.7. The van der Waals surface area contributed by atoms with E-state index in [0.29, 0.717) is 55.8 Å². The molecule has 3 saturated heterocycles. The van der Waals surface area contributed by atoms with Gasteiger partial charge in [0.15, 0.2) is 18.1 Å². The number of aryl methyl sites for hydroxylation is 1. The van der Waals surface area contributed by atoms with E-state index in [2.05, 4.69) is 42.8 Å². The van der Waals surface area contributed by atoms with Crippen molar-refractivity contribution >= 4 is 40.1 Å². The van der Waals surface area contributed by atoms with Gasteiger partial charge in [0.2, 0.25) is 0 Å². The molecule has 1 atom stereocenters. The van der Waals surface area contributed by atoms with Crippen LogP contribution in [-0.4, -0.2) is 76.0 Å². The van der Waals surface area contributed by atoms with E-state index in [4.69, 9.17) is 20.9 Å². The van der Waals surface area contributed by atoms with E-state index in [9.17, 15) is 4.79 Å². The fourth-order valence-corrected chi connectivity index (χ4v) is 5.95. The van der Waals surface area contributed by atoms with Gasteiger partial charge in [-0.3, -0.25) is 4.79 Å². The summed E-state index contributed by atoms with van der Waals surface area (Å²) < 4.78 is 13.8. The first-order chi connectivity index (χ1) is 20.3. The number of rotatable bonds is 7. The summed E-state index contributed by atoms with van der Waals surface area (Å²) in [5, 5.41) is 7.84. The van der Waals surface area contributed by atoms with Crippen LogP contribution in [0.15, 0.2) is 42.0 Å². The van der Waals surface area contributed by atoms with Crippen molar-refractivity contribution < 1.29 is 14.3 Å². The maximum Gasteiger partial charge on any atom is 0.254 e. The van der Waals surface area contributed by atoms with Gasteiger partial charge in [-0.15, -0.1) is 0 Å². The lowest BCUT2D eigenvalue weighted by Crippen LogP contribution is -2.53. The number of aromatic nitrogens is 3. The van der Waals surface area contributed by atoms with Crippen molar-refractivity contribution in [3.8, 4) is 0 Å². The van der Waals surface area contributed by atoms with Gasteiger partial charge in [0.25, 0.3) is 5.91 Å². The van der Waals surface area contributed by atoms with Gasteiger partial charge in [-0.2, -0.15) is 0 Å². The fourth-order valence-electron chi connectivity index (χ4n) is 5.95. The van der Waals surface area contributed by atoms with Gasteiger partial charge in [0.05, 0.1) is 23.5 Å². The van der Waals surface area contributed by atoms with Crippen molar-refractivity contribution in [3.63, 3.8) is 0 Å². The van der Waals surface area contributed by atoms with Crippen molar-refractivity contribution in [1.29, 1.82) is 0 Å². The molecule has 1 spiro atoms. The lowest BCUT2D eigenvalue weighted by Gasteiger charge is -2.38. The molecular formula is C30H39N9O3. The average Bonchev–Trinajstić information content (AvgIpc) is 3.59. The van der Waals surface area contributed by atoms with Crippen molar-refractivity contribution in [2.75, 3.05) is 44.3 Å². The lowest BCUT2D eigenvalue weighted by atomic mass is 9.88. The van der Waals surface area contributed by atoms with Crippen molar-refractivity contribution in [2.45, 2.75) is 57.4 Å². The first kappa shape index (κ1) is 28.0. The van der Waals surface area contributed by atoms with Crippen LogP contribution in [0.3, 0.4) is 0 Å². The van der Waals surface area contributed by atoms with Crippen molar-refractivity contribution in [1.82, 2.24) is 30.1 Å². The second kappa shape index (κ2) is 11.6. The van der Waals surface area contributed by atoms with Crippen LogP contribution < -0.4 is 22.1 Å². The number of amides is 1. The Morgan fingerprint density at radius 1 is 1.21 bits per heavy atom. The normalized spacial score (nSPS) is 21.0. The smallest absolute Gasteiger partial charge is 0.254 e. The highest BCUT2D eigenvalue weighted by molar-refractivity contribution is 6.06. The number of hydrogen-bond acceptors (Lipinski definition) is 8. The van der Waals surface area contributed by atoms with Crippen LogP contribution in [0.25, 0.3) is 16.6 Å². The van der Waals surface area contributed by atoms with E-state index in [1.807, 2.05) is 29.3 Å². The van der Waals surface area contributed by atoms with Crippen LogP contribution in [0.1, 0.15) is 53.8 Å². The molecule has 6 N–H and O–H groups in total. The molecule has 3 aliphatic rings. The first-order valence-electron chi connectivity index (χ1n) is 14.6. The molecule has 2 aromatic heterocycles. The molecule has 1 amide bonds. The molecule has 1 unspecified atom stereocenters. The Bertz CT molecular complexity index is 1520. The Balaban J connectivity index is 1.07. The highest BCUT2D eigenvalue weighted by atomic mass is 16.7. The third kappa shape index (κ3) is 5.64. The zero-order valence-electron chi connectivity index (χ0n) is 24.1. The number of nitrogens with one attached hydrogen (secondary N) is 2. The number of ether oxygens (including phenoxy) is 2. The van der Waals surface area contributed by atoms with Crippen LogP contribution in [0.4, 0.5) is 11.6 Å². The van der Waals surface area contributed by atoms with Crippen molar-refractivity contribution in [3.05, 3.63) is 54.0 Å². The Morgan fingerprint density at radius 2 is 2.05 bits per heavy atom. The van der Waals surface area contributed by atoms with Gasteiger partial charge in [-0.05, 0) is 57.2 Å². The summed E-state index contributed by atoms with van der Waals surface area (Å²) in [6.07, 6.45) is 6.71. The number of likely N-dealkylation sites (tertiary alicyclic amines) is 1. The summed E-state index contributed by atoms with van der Waals surface area (Å²) in [5.41, 5.74) is 14.8. The molecule has 1 aromatic carbocycles. The predicted octanol–water partition coefficient (Wildman–Crippen LogP) is 2.64. The third-order valence-corrected chi connectivity index (χ3v) is 8.46. The van der Waals surface area contributed by atoms with E-state index >= 15 is 0 Å². The number of anilines is 2. The van der Waals surface area contributed by atoms with Gasteiger partial charge in [0, 0.05) is 55.4 Å². The van der Waals surface area contributed by atoms with Crippen LogP contribution >= 0.6 is 0 Å². The fraction of sp³-hybridized carbons (Fsp3) is 0.467. The molecule has 0 aliphatic carbocycles. The van der Waals surface area contributed by atoms with E-state index in [-0.39, 0.29) is 29.4 Å². The molecule has 3 fully saturated rings. The second-order valence-electron chi connectivity index (χ2n) is 11.3. The Labute approximate surface area is 245 Å². The Morgan fingerprint density at radius 3 is 2.83 bits per heavy atom. The number of carbonyl (C=O) groups excluding carboxylic acids is 1. The molecule has 6 rings (SSSR count). The number of piperidine rings is 1. The van der Waals surface area contributed by atoms with E-state index < -0.39 is 0 Å². The zero-order chi connectivity index (χ0) is 29.3. The number of fused-ring (bicyclic) bond motifs is 1. The number of nitrogens with zero attached hydrogens (tertiary/aromatic N) is 5. The van der Waals surface area contributed by atoms with Gasteiger partial charge in [-0.25, -0.2) is 15.0 Å². The van der Waals surface area contributed by atoms with Crippen LogP contribution in [0.5, 0.6) is 0 Å². The lowest BCUT2D eigenvalue weighted by molar-refractivity contribution is -0.163. The molecule has 5 heterocycles. The number of nitrogens with two attached hydrogens (primary N) is 2. The maximum atomic E-state index is 13.7. The topological polar surface area (TPSA) is 158 Å². The maximum absolute atomic E-state index is 13.7. The number of aliphatic imine (C=N–C) groups is 1. The largest absolute Gasteiger partial charge is 0.382 e. The van der Waals surface area contributed by atoms with E-state index in [1.54, 1.807) is 6.92 Å². The number of nitrogen functional groups attached to an aromatic ring is 2. The van der Waals surface area contributed by atoms with Gasteiger partial charge in [-0.1, -0.05) is 12.6 Å². The molecule has 12 nitrogen and oxygen atoms in total. The quantitative estimate of drug-likeness (QED) is 0.333. The molecule has 42 heavy (non-hydrogen) atoms. The number of benzene rings is 1. The summed E-state index contributed by atoms with van der Waals surface area (Å²) in [5.74, 6) is 1.15. The molecule has 3 aromatic rings. The Kier molecular flexibility index (Phi) is 7.74. The minimum absolute atomic E-state index is 0.0565. The molecule has 0 saturated carbocycles. The van der Waals surface area contributed by atoms with Crippen LogP contribution in [-0.2, 0) is 16.0 Å². The number of carbonyl (C=O) groups is 1.